The third kappa shape index (κ3) is 5.53. The lowest BCUT2D eigenvalue weighted by atomic mass is 10.1. The van der Waals surface area contributed by atoms with E-state index >= 15 is 0 Å². The van der Waals surface area contributed by atoms with E-state index in [-0.39, 0.29) is 11.6 Å². The number of alkyl halides is 3. The summed E-state index contributed by atoms with van der Waals surface area (Å²) in [5, 5.41) is 18.1. The van der Waals surface area contributed by atoms with Gasteiger partial charge in [0, 0.05) is 12.5 Å². The SMILES string of the molecule is N#CNC(=Nc1cccc(OC(F)(F)F)c1)N1CCC(c2ccc(Cl)c(Cl)c2)=N1. The molecule has 0 saturated carbocycles. The van der Waals surface area contributed by atoms with Crippen molar-refractivity contribution in [1.29, 1.82) is 5.26 Å². The Morgan fingerprint density at radius 3 is 2.69 bits per heavy atom. The maximum absolute atomic E-state index is 12.4. The van der Waals surface area contributed by atoms with Crippen LogP contribution in [0.5, 0.6) is 5.75 Å². The van der Waals surface area contributed by atoms with E-state index in [0.29, 0.717) is 28.7 Å². The first-order valence-electron chi connectivity index (χ1n) is 8.15. The molecule has 29 heavy (non-hydrogen) atoms. The number of hydrogen-bond acceptors (Lipinski definition) is 4. The fraction of sp³-hybridized carbons (Fsp3) is 0.167. The molecule has 2 aromatic rings. The zero-order valence-corrected chi connectivity index (χ0v) is 16.1. The maximum Gasteiger partial charge on any atom is 0.573 e. The zero-order chi connectivity index (χ0) is 21.0. The third-order valence-electron chi connectivity index (χ3n) is 3.75. The van der Waals surface area contributed by atoms with Gasteiger partial charge in [-0.3, -0.25) is 5.32 Å². The smallest absolute Gasteiger partial charge is 0.406 e. The highest BCUT2D eigenvalue weighted by Gasteiger charge is 2.31. The largest absolute Gasteiger partial charge is 0.573 e. The van der Waals surface area contributed by atoms with Gasteiger partial charge in [0.2, 0.25) is 5.96 Å². The number of ether oxygens (including phenoxy) is 1. The van der Waals surface area contributed by atoms with Crippen molar-refractivity contribution in [1.82, 2.24) is 10.3 Å². The van der Waals surface area contributed by atoms with E-state index in [1.807, 2.05) is 0 Å². The van der Waals surface area contributed by atoms with Crippen LogP contribution in [0.15, 0.2) is 52.6 Å². The first-order chi connectivity index (χ1) is 13.7. The second-order valence-electron chi connectivity index (χ2n) is 5.77. The second-order valence-corrected chi connectivity index (χ2v) is 6.58. The van der Waals surface area contributed by atoms with Crippen LogP contribution in [-0.4, -0.2) is 29.6 Å². The average Bonchev–Trinajstić information content (AvgIpc) is 3.13. The van der Waals surface area contributed by atoms with Crippen LogP contribution in [-0.2, 0) is 0 Å². The Morgan fingerprint density at radius 2 is 2.00 bits per heavy atom. The summed E-state index contributed by atoms with van der Waals surface area (Å²) in [5.74, 6) is -0.358. The van der Waals surface area contributed by atoms with E-state index in [1.54, 1.807) is 24.4 Å². The minimum absolute atomic E-state index is 0.0618. The lowest BCUT2D eigenvalue weighted by Crippen LogP contribution is -2.34. The van der Waals surface area contributed by atoms with Crippen molar-refractivity contribution in [3.8, 4) is 11.9 Å². The number of guanidine groups is 1. The standard InChI is InChI=1S/C18H12Cl2F3N5O/c19-14-5-4-11(8-15(14)20)16-6-7-28(27-16)17(25-10-24)26-12-2-1-3-13(9-12)29-18(21,22)23/h1-5,8-9H,6-7H2,(H,25,26). The minimum Gasteiger partial charge on any atom is -0.406 e. The molecule has 1 aliphatic heterocycles. The predicted octanol–water partition coefficient (Wildman–Crippen LogP) is 5.06. The first kappa shape index (κ1) is 20.8. The third-order valence-corrected chi connectivity index (χ3v) is 4.49. The summed E-state index contributed by atoms with van der Waals surface area (Å²) in [6, 6.07) is 10.2. The van der Waals surface area contributed by atoms with E-state index in [2.05, 4.69) is 20.1 Å². The summed E-state index contributed by atoms with van der Waals surface area (Å²) in [4.78, 5) is 4.19. The number of aliphatic imine (C=N–C) groups is 1. The van der Waals surface area contributed by atoms with Crippen LogP contribution < -0.4 is 10.1 Å². The summed E-state index contributed by atoms with van der Waals surface area (Å²) in [6.45, 7) is 0.405. The van der Waals surface area contributed by atoms with E-state index in [4.69, 9.17) is 28.5 Å². The van der Waals surface area contributed by atoms with Gasteiger partial charge in [0.1, 0.15) is 5.75 Å². The first-order valence-corrected chi connectivity index (χ1v) is 8.91. The molecule has 0 spiro atoms. The summed E-state index contributed by atoms with van der Waals surface area (Å²) in [5.41, 5.74) is 1.62. The Labute approximate surface area is 173 Å². The highest BCUT2D eigenvalue weighted by molar-refractivity contribution is 6.42. The topological polar surface area (TPSA) is 73.0 Å². The minimum atomic E-state index is -4.82. The molecule has 1 N–H and O–H groups in total. The molecule has 1 heterocycles. The molecule has 0 saturated heterocycles. The van der Waals surface area contributed by atoms with Crippen LogP contribution in [0.2, 0.25) is 10.0 Å². The molecule has 0 unspecified atom stereocenters. The molecule has 6 nitrogen and oxygen atoms in total. The molecule has 2 aromatic carbocycles. The molecule has 0 aromatic heterocycles. The maximum atomic E-state index is 12.4. The van der Waals surface area contributed by atoms with E-state index in [0.717, 1.165) is 17.7 Å². The van der Waals surface area contributed by atoms with Crippen LogP contribution >= 0.6 is 23.2 Å². The zero-order valence-electron chi connectivity index (χ0n) is 14.5. The molecule has 150 valence electrons. The van der Waals surface area contributed by atoms with Gasteiger partial charge < -0.3 is 4.74 Å². The van der Waals surface area contributed by atoms with Gasteiger partial charge in [-0.2, -0.15) is 10.4 Å². The number of hydrazone groups is 1. The van der Waals surface area contributed by atoms with Crippen molar-refractivity contribution < 1.29 is 17.9 Å². The number of hydrogen-bond donors (Lipinski definition) is 1. The van der Waals surface area contributed by atoms with Crippen molar-refractivity contribution in [3.63, 3.8) is 0 Å². The molecule has 0 amide bonds. The van der Waals surface area contributed by atoms with Crippen molar-refractivity contribution in [2.75, 3.05) is 6.54 Å². The van der Waals surface area contributed by atoms with Crippen molar-refractivity contribution in [2.24, 2.45) is 10.1 Å². The van der Waals surface area contributed by atoms with Crippen LogP contribution in [0.1, 0.15) is 12.0 Å². The van der Waals surface area contributed by atoms with Gasteiger partial charge in [0.15, 0.2) is 6.19 Å². The number of rotatable bonds is 3. The Hall–Kier alpha value is -2.96. The van der Waals surface area contributed by atoms with Crippen molar-refractivity contribution >= 4 is 40.6 Å². The molecule has 0 radical (unpaired) electrons. The Kier molecular flexibility index (Phi) is 6.15. The normalized spacial score (nSPS) is 14.4. The summed E-state index contributed by atoms with van der Waals surface area (Å²) in [7, 11) is 0. The molecular weight excluding hydrogens is 430 g/mol. The second kappa shape index (κ2) is 8.59. The summed E-state index contributed by atoms with van der Waals surface area (Å²) < 4.78 is 41.1. The Bertz CT molecular complexity index is 1020. The summed E-state index contributed by atoms with van der Waals surface area (Å²) in [6.07, 6.45) is -2.52. The van der Waals surface area contributed by atoms with Crippen LogP contribution in [0, 0.1) is 11.5 Å². The van der Waals surface area contributed by atoms with Crippen molar-refractivity contribution in [2.45, 2.75) is 12.8 Å². The van der Waals surface area contributed by atoms with Gasteiger partial charge in [0.25, 0.3) is 0 Å². The van der Waals surface area contributed by atoms with Gasteiger partial charge in [-0.25, -0.2) is 10.0 Å². The molecule has 0 aliphatic carbocycles. The molecule has 1 aliphatic rings. The highest BCUT2D eigenvalue weighted by atomic mass is 35.5. The van der Waals surface area contributed by atoms with Gasteiger partial charge in [0.05, 0.1) is 28.0 Å². The molecule has 0 atom stereocenters. The van der Waals surface area contributed by atoms with E-state index in [9.17, 15) is 13.2 Å². The van der Waals surface area contributed by atoms with Crippen LogP contribution in [0.3, 0.4) is 0 Å². The van der Waals surface area contributed by atoms with Gasteiger partial charge in [-0.1, -0.05) is 35.3 Å². The van der Waals surface area contributed by atoms with E-state index < -0.39 is 12.1 Å². The quantitative estimate of drug-likeness (QED) is 0.312. The lowest BCUT2D eigenvalue weighted by Gasteiger charge is -2.14. The predicted molar refractivity (Wildman–Crippen MR) is 103 cm³/mol. The lowest BCUT2D eigenvalue weighted by molar-refractivity contribution is -0.274. The number of nitrogens with zero attached hydrogens (tertiary/aromatic N) is 4. The Morgan fingerprint density at radius 1 is 1.21 bits per heavy atom. The summed E-state index contributed by atoms with van der Waals surface area (Å²) >= 11 is 12.0. The van der Waals surface area contributed by atoms with Gasteiger partial charge in [-0.15, -0.1) is 13.2 Å². The number of nitrogens with one attached hydrogen (secondary N) is 1. The monoisotopic (exact) mass is 441 g/mol. The van der Waals surface area contributed by atoms with E-state index in [1.165, 1.54) is 17.1 Å². The van der Waals surface area contributed by atoms with Gasteiger partial charge in [-0.05, 0) is 29.8 Å². The molecule has 0 bridgehead atoms. The number of benzene rings is 2. The number of nitriles is 1. The van der Waals surface area contributed by atoms with Crippen LogP contribution in [0.4, 0.5) is 18.9 Å². The number of halogens is 5. The average molecular weight is 442 g/mol. The van der Waals surface area contributed by atoms with Crippen LogP contribution in [0.25, 0.3) is 0 Å². The fourth-order valence-corrected chi connectivity index (χ4v) is 2.86. The fourth-order valence-electron chi connectivity index (χ4n) is 2.56. The molecule has 11 heteroatoms. The van der Waals surface area contributed by atoms with Gasteiger partial charge >= 0.3 is 6.36 Å². The molecule has 0 fully saturated rings. The molecular formula is C18H12Cl2F3N5O. The van der Waals surface area contributed by atoms with Crippen molar-refractivity contribution in [3.05, 3.63) is 58.1 Å². The molecule has 3 rings (SSSR count). The highest BCUT2D eigenvalue weighted by Crippen LogP contribution is 2.27. The Balaban J connectivity index is 1.86.